The smallest absolute Gasteiger partial charge is 0.191 e. The van der Waals surface area contributed by atoms with Crippen LogP contribution in [0.15, 0.2) is 17.6 Å². The molecular weight excluding hydrogens is 379 g/mol. The largest absolute Gasteiger partial charge is 0.357 e. The van der Waals surface area contributed by atoms with Crippen LogP contribution in [0.25, 0.3) is 0 Å². The van der Waals surface area contributed by atoms with Gasteiger partial charge in [-0.25, -0.2) is 0 Å². The van der Waals surface area contributed by atoms with Crippen LogP contribution in [0.1, 0.15) is 40.0 Å². The van der Waals surface area contributed by atoms with Gasteiger partial charge >= 0.3 is 0 Å². The molecule has 0 amide bonds. The van der Waals surface area contributed by atoms with Gasteiger partial charge in [0.1, 0.15) is 12.7 Å². The van der Waals surface area contributed by atoms with Crippen molar-refractivity contribution in [2.24, 2.45) is 10.9 Å². The minimum Gasteiger partial charge on any atom is -0.357 e. The Morgan fingerprint density at radius 3 is 2.52 bits per heavy atom. The minimum atomic E-state index is 0. The molecular formula is C14H29IN6. The molecule has 0 unspecified atom stereocenters. The summed E-state index contributed by atoms with van der Waals surface area (Å²) in [6.07, 6.45) is 6.82. The third-order valence-electron chi connectivity index (χ3n) is 2.92. The Morgan fingerprint density at radius 2 is 1.90 bits per heavy atom. The zero-order valence-electron chi connectivity index (χ0n) is 13.4. The van der Waals surface area contributed by atoms with Crippen molar-refractivity contribution in [3.05, 3.63) is 12.7 Å². The first-order valence-corrected chi connectivity index (χ1v) is 7.57. The summed E-state index contributed by atoms with van der Waals surface area (Å²) in [5, 5.41) is 14.2. The second-order valence-corrected chi connectivity index (χ2v) is 5.28. The molecule has 1 aromatic heterocycles. The lowest BCUT2D eigenvalue weighted by molar-refractivity contribution is 0.572. The first-order valence-electron chi connectivity index (χ1n) is 7.57. The quantitative estimate of drug-likeness (QED) is 0.285. The van der Waals surface area contributed by atoms with E-state index in [0.29, 0.717) is 5.92 Å². The van der Waals surface area contributed by atoms with E-state index in [-0.39, 0.29) is 24.0 Å². The fourth-order valence-corrected chi connectivity index (χ4v) is 1.76. The number of halogens is 1. The predicted octanol–water partition coefficient (Wildman–Crippen LogP) is 2.28. The van der Waals surface area contributed by atoms with Crippen LogP contribution in [0.2, 0.25) is 0 Å². The zero-order valence-corrected chi connectivity index (χ0v) is 15.7. The number of aromatic nitrogens is 3. The van der Waals surface area contributed by atoms with Gasteiger partial charge < -0.3 is 15.2 Å². The molecule has 1 rings (SSSR count). The van der Waals surface area contributed by atoms with Gasteiger partial charge in [0.25, 0.3) is 0 Å². The number of nitrogens with zero attached hydrogens (tertiary/aromatic N) is 4. The second kappa shape index (κ2) is 12.8. The molecule has 0 fully saturated rings. The lowest BCUT2D eigenvalue weighted by atomic mass is 10.1. The van der Waals surface area contributed by atoms with Crippen LogP contribution < -0.4 is 10.6 Å². The zero-order chi connectivity index (χ0) is 14.6. The van der Waals surface area contributed by atoms with E-state index in [1.165, 1.54) is 0 Å². The van der Waals surface area contributed by atoms with Crippen LogP contribution in [-0.2, 0) is 6.54 Å². The van der Waals surface area contributed by atoms with Crippen LogP contribution in [0.3, 0.4) is 0 Å². The maximum atomic E-state index is 4.58. The molecule has 1 aromatic rings. The average Bonchev–Trinajstić information content (AvgIpc) is 2.91. The Kier molecular flexibility index (Phi) is 12.3. The van der Waals surface area contributed by atoms with Crippen LogP contribution >= 0.6 is 24.0 Å². The molecule has 0 saturated heterocycles. The summed E-state index contributed by atoms with van der Waals surface area (Å²) in [5.74, 6) is 1.65. The topological polar surface area (TPSA) is 67.1 Å². The van der Waals surface area contributed by atoms with E-state index in [2.05, 4.69) is 46.6 Å². The number of hydrogen-bond acceptors (Lipinski definition) is 3. The number of aliphatic imine (C=N–C) groups is 1. The summed E-state index contributed by atoms with van der Waals surface area (Å²) in [6.45, 7) is 10.2. The second-order valence-electron chi connectivity index (χ2n) is 5.28. The number of guanidine groups is 1. The van der Waals surface area contributed by atoms with Crippen molar-refractivity contribution in [2.45, 2.75) is 46.6 Å². The van der Waals surface area contributed by atoms with Gasteiger partial charge in [-0.1, -0.05) is 13.8 Å². The molecule has 122 valence electrons. The third-order valence-corrected chi connectivity index (χ3v) is 2.92. The van der Waals surface area contributed by atoms with Crippen LogP contribution in [-0.4, -0.2) is 40.4 Å². The fraction of sp³-hybridized carbons (Fsp3) is 0.786. The molecule has 0 aromatic carbocycles. The highest BCUT2D eigenvalue weighted by atomic mass is 127. The molecule has 0 spiro atoms. The lowest BCUT2D eigenvalue weighted by Gasteiger charge is -2.12. The molecule has 0 saturated carbocycles. The van der Waals surface area contributed by atoms with Crippen molar-refractivity contribution < 1.29 is 0 Å². The molecule has 0 aliphatic carbocycles. The van der Waals surface area contributed by atoms with Crippen molar-refractivity contribution in [3.63, 3.8) is 0 Å². The molecule has 7 heteroatoms. The van der Waals surface area contributed by atoms with E-state index in [9.17, 15) is 0 Å². The Bertz CT molecular complexity index is 364. The highest BCUT2D eigenvalue weighted by Gasteiger charge is 1.98. The molecule has 2 N–H and O–H groups in total. The van der Waals surface area contributed by atoms with Crippen molar-refractivity contribution in [3.8, 4) is 0 Å². The van der Waals surface area contributed by atoms with Gasteiger partial charge in [0.05, 0.1) is 0 Å². The summed E-state index contributed by atoms with van der Waals surface area (Å²) >= 11 is 0. The van der Waals surface area contributed by atoms with E-state index < -0.39 is 0 Å². The summed E-state index contributed by atoms with van der Waals surface area (Å²) in [7, 11) is 0. The predicted molar refractivity (Wildman–Crippen MR) is 98.1 cm³/mol. The highest BCUT2D eigenvalue weighted by molar-refractivity contribution is 14.0. The first kappa shape index (κ1) is 20.1. The number of rotatable bonds is 9. The van der Waals surface area contributed by atoms with Gasteiger partial charge in [-0.05, 0) is 32.1 Å². The molecule has 1 heterocycles. The lowest BCUT2D eigenvalue weighted by Crippen LogP contribution is -2.38. The van der Waals surface area contributed by atoms with E-state index in [1.54, 1.807) is 12.7 Å². The van der Waals surface area contributed by atoms with Crippen molar-refractivity contribution in [1.82, 2.24) is 25.4 Å². The van der Waals surface area contributed by atoms with Gasteiger partial charge in [-0.15, -0.1) is 34.2 Å². The fourth-order valence-electron chi connectivity index (χ4n) is 1.76. The van der Waals surface area contributed by atoms with Gasteiger partial charge in [-0.3, -0.25) is 4.99 Å². The van der Waals surface area contributed by atoms with E-state index in [0.717, 1.165) is 51.4 Å². The van der Waals surface area contributed by atoms with Crippen molar-refractivity contribution in [2.75, 3.05) is 19.6 Å². The van der Waals surface area contributed by atoms with Crippen LogP contribution in [0.5, 0.6) is 0 Å². The molecule has 0 bridgehead atoms. The third kappa shape index (κ3) is 10.5. The Hall–Kier alpha value is -0.860. The molecule has 0 atom stereocenters. The SMILES string of the molecule is CCNC(=NCCCCn1cnnc1)NCCC(C)C.I. The number of aryl methyl sites for hydroxylation is 1. The summed E-state index contributed by atoms with van der Waals surface area (Å²) in [6, 6.07) is 0. The van der Waals surface area contributed by atoms with Crippen molar-refractivity contribution in [1.29, 1.82) is 0 Å². The molecule has 0 aliphatic rings. The van der Waals surface area contributed by atoms with Crippen LogP contribution in [0, 0.1) is 5.92 Å². The van der Waals surface area contributed by atoms with E-state index in [4.69, 9.17) is 0 Å². The normalized spacial score (nSPS) is 11.3. The summed E-state index contributed by atoms with van der Waals surface area (Å²) < 4.78 is 2.00. The van der Waals surface area contributed by atoms with Gasteiger partial charge in [0.2, 0.25) is 0 Å². The maximum absolute atomic E-state index is 4.58. The monoisotopic (exact) mass is 408 g/mol. The molecule has 6 nitrogen and oxygen atoms in total. The number of hydrogen-bond donors (Lipinski definition) is 2. The van der Waals surface area contributed by atoms with Gasteiger partial charge in [0, 0.05) is 26.2 Å². The van der Waals surface area contributed by atoms with E-state index >= 15 is 0 Å². The highest BCUT2D eigenvalue weighted by Crippen LogP contribution is 1.97. The summed E-state index contributed by atoms with van der Waals surface area (Å²) in [5.41, 5.74) is 0. The Morgan fingerprint density at radius 1 is 1.19 bits per heavy atom. The molecule has 0 aliphatic heterocycles. The average molecular weight is 408 g/mol. The number of unbranched alkanes of at least 4 members (excludes halogenated alkanes) is 1. The Balaban J connectivity index is 0.00000400. The Labute approximate surface area is 145 Å². The standard InChI is InChI=1S/C14H28N6.HI/c1-4-15-14(17-9-7-13(2)3)16-8-5-6-10-20-11-18-19-12-20;/h11-13H,4-10H2,1-3H3,(H2,15,16,17);1H. The van der Waals surface area contributed by atoms with Crippen molar-refractivity contribution >= 4 is 29.9 Å². The number of nitrogens with one attached hydrogen (secondary N) is 2. The molecule has 0 radical (unpaired) electrons. The summed E-state index contributed by atoms with van der Waals surface area (Å²) in [4.78, 5) is 4.58. The van der Waals surface area contributed by atoms with Gasteiger partial charge in [0.15, 0.2) is 5.96 Å². The molecule has 21 heavy (non-hydrogen) atoms. The maximum Gasteiger partial charge on any atom is 0.191 e. The van der Waals surface area contributed by atoms with E-state index in [1.807, 2.05) is 4.57 Å². The minimum absolute atomic E-state index is 0. The van der Waals surface area contributed by atoms with Gasteiger partial charge in [-0.2, -0.15) is 0 Å². The first-order chi connectivity index (χ1) is 9.72. The van der Waals surface area contributed by atoms with Crippen LogP contribution in [0.4, 0.5) is 0 Å².